The molecule has 2 aliphatic heterocycles. The molecule has 156 valence electrons. The third-order valence-corrected chi connectivity index (χ3v) is 6.34. The van der Waals surface area contributed by atoms with Crippen LogP contribution in [0.4, 0.5) is 16.2 Å². The molecule has 6 nitrogen and oxygen atoms in total. The average molecular weight is 418 g/mol. The molecule has 4 rings (SSSR count). The van der Waals surface area contributed by atoms with Crippen molar-refractivity contribution in [2.24, 2.45) is 0 Å². The third-order valence-electron chi connectivity index (χ3n) is 6.34. The molecule has 0 aromatic heterocycles. The van der Waals surface area contributed by atoms with Gasteiger partial charge in [0.1, 0.15) is 5.75 Å². The number of amides is 1. The summed E-state index contributed by atoms with van der Waals surface area (Å²) in [7, 11) is 3.72. The number of hydroxylamine groups is 3. The van der Waals surface area contributed by atoms with Crippen molar-refractivity contribution in [3.63, 3.8) is 0 Å². The van der Waals surface area contributed by atoms with E-state index >= 15 is 0 Å². The van der Waals surface area contributed by atoms with Crippen molar-refractivity contribution in [2.75, 3.05) is 30.9 Å². The quantitative estimate of drug-likeness (QED) is 0.582. The van der Waals surface area contributed by atoms with Crippen molar-refractivity contribution in [3.05, 3.63) is 58.8 Å². The molecule has 3 atom stereocenters. The zero-order valence-electron chi connectivity index (χ0n) is 17.3. The van der Waals surface area contributed by atoms with Crippen LogP contribution in [0.2, 0.25) is 0 Å². The lowest BCUT2D eigenvalue weighted by Crippen LogP contribution is -2.54. The van der Waals surface area contributed by atoms with Crippen molar-refractivity contribution >= 4 is 29.9 Å². The summed E-state index contributed by atoms with van der Waals surface area (Å²) in [5.74, 6) is 0.493. The number of aryl methyl sites for hydroxylation is 1. The molecule has 1 N–H and O–H groups in total. The number of ether oxygens (including phenoxy) is 1. The first kappa shape index (κ1) is 21.4. The molecule has 2 heterocycles. The van der Waals surface area contributed by atoms with Crippen LogP contribution in [0.15, 0.2) is 42.5 Å². The van der Waals surface area contributed by atoms with Crippen molar-refractivity contribution < 1.29 is 14.2 Å². The Hall–Kier alpha value is -2.28. The number of hydrogen-bond acceptors (Lipinski definition) is 4. The van der Waals surface area contributed by atoms with E-state index in [1.165, 1.54) is 0 Å². The zero-order valence-corrected chi connectivity index (χ0v) is 18.1. The Kier molecular flexibility index (Phi) is 5.56. The van der Waals surface area contributed by atoms with Gasteiger partial charge in [-0.1, -0.05) is 25.1 Å². The van der Waals surface area contributed by atoms with Gasteiger partial charge in [0.05, 0.1) is 19.0 Å². The fraction of sp³-hybridized carbons (Fsp3) is 0.409. The van der Waals surface area contributed by atoms with Crippen LogP contribution in [-0.2, 0) is 11.8 Å². The number of rotatable bonds is 3. The molecule has 2 aliphatic rings. The number of carbonyl (C=O) groups is 1. The van der Waals surface area contributed by atoms with E-state index in [9.17, 15) is 10.0 Å². The van der Waals surface area contributed by atoms with Crippen LogP contribution in [-0.4, -0.2) is 37.5 Å². The van der Waals surface area contributed by atoms with Gasteiger partial charge in [-0.2, -0.15) is 0 Å². The fourth-order valence-corrected chi connectivity index (χ4v) is 5.04. The second kappa shape index (κ2) is 7.52. The minimum atomic E-state index is -0.509. The Morgan fingerprint density at radius 2 is 2.07 bits per heavy atom. The molecule has 0 radical (unpaired) electrons. The van der Waals surface area contributed by atoms with Gasteiger partial charge in [-0.05, 0) is 48.7 Å². The Morgan fingerprint density at radius 1 is 1.34 bits per heavy atom. The fourth-order valence-electron chi connectivity index (χ4n) is 5.04. The highest BCUT2D eigenvalue weighted by atomic mass is 35.5. The number of carbonyl (C=O) groups excluding carboxylic acids is 1. The highest BCUT2D eigenvalue weighted by molar-refractivity contribution is 5.87. The van der Waals surface area contributed by atoms with Crippen LogP contribution < -0.4 is 15.0 Å². The van der Waals surface area contributed by atoms with Gasteiger partial charge < -0.3 is 19.5 Å². The van der Waals surface area contributed by atoms with E-state index < -0.39 is 6.09 Å². The Labute approximate surface area is 178 Å². The van der Waals surface area contributed by atoms with Crippen LogP contribution >= 0.6 is 12.4 Å². The number of nitrogens with one attached hydrogen (secondary N) is 1. The summed E-state index contributed by atoms with van der Waals surface area (Å²) in [5.41, 5.74) is 3.70. The van der Waals surface area contributed by atoms with E-state index in [0.717, 1.165) is 35.3 Å². The van der Waals surface area contributed by atoms with E-state index in [4.69, 9.17) is 4.74 Å². The first-order valence-electron chi connectivity index (χ1n) is 9.76. The Bertz CT molecular complexity index is 933. The molecule has 2 aromatic carbocycles. The van der Waals surface area contributed by atoms with Crippen molar-refractivity contribution in [1.82, 2.24) is 0 Å². The lowest BCUT2D eigenvalue weighted by atomic mass is 9.81. The summed E-state index contributed by atoms with van der Waals surface area (Å²) in [5, 5.41) is 15.8. The van der Waals surface area contributed by atoms with Crippen molar-refractivity contribution in [2.45, 2.75) is 38.3 Å². The van der Waals surface area contributed by atoms with Gasteiger partial charge in [-0.3, -0.25) is 5.32 Å². The molecule has 0 unspecified atom stereocenters. The molecule has 1 fully saturated rings. The number of likely N-dealkylation sites (N-methyl/N-ethyl adjacent to an activating group) is 2. The summed E-state index contributed by atoms with van der Waals surface area (Å²) in [6.07, 6.45) is 0.982. The lowest BCUT2D eigenvalue weighted by molar-refractivity contribution is -0.874. The van der Waals surface area contributed by atoms with Gasteiger partial charge in [0.2, 0.25) is 0 Å². The zero-order chi connectivity index (χ0) is 20.1. The third kappa shape index (κ3) is 3.45. The van der Waals surface area contributed by atoms with Gasteiger partial charge in [-0.25, -0.2) is 4.79 Å². The van der Waals surface area contributed by atoms with Gasteiger partial charge in [0, 0.05) is 24.8 Å². The number of para-hydroxylation sites is 1. The average Bonchev–Trinajstić information content (AvgIpc) is 3.04. The molecule has 0 aliphatic carbocycles. The molecule has 29 heavy (non-hydrogen) atoms. The highest BCUT2D eigenvalue weighted by Crippen LogP contribution is 2.54. The largest absolute Gasteiger partial charge is 0.631 e. The van der Waals surface area contributed by atoms with E-state index in [-0.39, 0.29) is 28.6 Å². The van der Waals surface area contributed by atoms with E-state index in [2.05, 4.69) is 17.1 Å². The van der Waals surface area contributed by atoms with Crippen molar-refractivity contribution in [3.8, 4) is 5.75 Å². The van der Waals surface area contributed by atoms with Crippen LogP contribution in [0.3, 0.4) is 0 Å². The van der Waals surface area contributed by atoms with Crippen LogP contribution in [0, 0.1) is 5.21 Å². The smallest absolute Gasteiger partial charge is 0.417 e. The van der Waals surface area contributed by atoms with Crippen LogP contribution in [0.25, 0.3) is 0 Å². The molecule has 1 amide bonds. The molecular weight excluding hydrogens is 390 g/mol. The van der Waals surface area contributed by atoms with Gasteiger partial charge in [0.15, 0.2) is 6.17 Å². The molecule has 0 saturated carbocycles. The highest BCUT2D eigenvalue weighted by Gasteiger charge is 2.58. The van der Waals surface area contributed by atoms with Gasteiger partial charge in [0.25, 0.3) is 0 Å². The minimum Gasteiger partial charge on any atom is -0.631 e. The van der Waals surface area contributed by atoms with E-state index in [0.29, 0.717) is 12.3 Å². The summed E-state index contributed by atoms with van der Waals surface area (Å²) >= 11 is 0. The number of hydrogen-bond donors (Lipinski definition) is 1. The first-order valence-corrected chi connectivity index (χ1v) is 9.76. The maximum atomic E-state index is 12.9. The number of likely N-dealkylation sites (tertiary alicyclic amines) is 1. The summed E-state index contributed by atoms with van der Waals surface area (Å²) in [6.45, 7) is 4.77. The van der Waals surface area contributed by atoms with E-state index in [1.807, 2.05) is 50.4 Å². The maximum Gasteiger partial charge on any atom is 0.417 e. The number of halogens is 1. The first-order chi connectivity index (χ1) is 13.3. The number of anilines is 2. The van der Waals surface area contributed by atoms with Gasteiger partial charge in [-0.15, -0.1) is 12.4 Å². The SMILES string of the molecule is CCc1ccccc1NC(=O)Oc1ccc2c(c1)[C@]1(C)CC[N@@+](C)([O-])[C@@H]1N2C.Cl. The lowest BCUT2D eigenvalue weighted by Gasteiger charge is -2.44. The topological polar surface area (TPSA) is 64.6 Å². The minimum absolute atomic E-state index is 0. The van der Waals surface area contributed by atoms with Crippen LogP contribution in [0.5, 0.6) is 5.75 Å². The Morgan fingerprint density at radius 3 is 2.79 bits per heavy atom. The summed E-state index contributed by atoms with van der Waals surface area (Å²) < 4.78 is 5.30. The van der Waals surface area contributed by atoms with Crippen molar-refractivity contribution in [1.29, 1.82) is 0 Å². The van der Waals surface area contributed by atoms with Crippen LogP contribution in [0.1, 0.15) is 31.4 Å². The number of benzene rings is 2. The molecule has 7 heteroatoms. The standard InChI is InChI=1S/C22H27N3O3.ClH/c1-5-15-8-6-7-9-18(15)23-21(26)28-16-10-11-19-17(14-16)22(2)12-13-25(4,27)20(22)24(19)3;/h6-11,14,20H,5,12-13H2,1-4H3,(H,23,26);1H/t20-,22-,25+;/m0./s1. The predicted molar refractivity (Wildman–Crippen MR) is 118 cm³/mol. The predicted octanol–water partition coefficient (Wildman–Crippen LogP) is 4.66. The second-order valence-electron chi connectivity index (χ2n) is 8.25. The molecule has 1 saturated heterocycles. The molecule has 2 aromatic rings. The summed E-state index contributed by atoms with van der Waals surface area (Å²) in [6, 6.07) is 13.4. The maximum absolute atomic E-state index is 12.9. The second-order valence-corrected chi connectivity index (χ2v) is 8.25. The monoisotopic (exact) mass is 417 g/mol. The molecule has 0 bridgehead atoms. The molecular formula is C22H28ClN3O3. The summed E-state index contributed by atoms with van der Waals surface area (Å²) in [4.78, 5) is 14.5. The number of nitrogens with zero attached hydrogens (tertiary/aromatic N) is 2. The number of quaternary nitrogens is 1. The van der Waals surface area contributed by atoms with E-state index in [1.54, 1.807) is 13.1 Å². The van der Waals surface area contributed by atoms with Gasteiger partial charge >= 0.3 is 6.09 Å². The molecule has 0 spiro atoms. The Balaban J connectivity index is 0.00000240. The number of fused-ring (bicyclic) bond motifs is 3. The normalized spacial score (nSPS) is 27.1.